The lowest BCUT2D eigenvalue weighted by Gasteiger charge is -2.09. The van der Waals surface area contributed by atoms with E-state index >= 15 is 0 Å². The minimum Gasteiger partial charge on any atom is -0.481 e. The average molecular weight is 270 g/mol. The highest BCUT2D eigenvalue weighted by molar-refractivity contribution is 6.33. The van der Waals surface area contributed by atoms with Gasteiger partial charge in [0.1, 0.15) is 0 Å². The van der Waals surface area contributed by atoms with E-state index in [-0.39, 0.29) is 12.0 Å². The molecule has 1 aliphatic carbocycles. The molecule has 1 aromatic rings. The Morgan fingerprint density at radius 3 is 2.78 bits per heavy atom. The second-order valence-corrected chi connectivity index (χ2v) is 4.52. The van der Waals surface area contributed by atoms with Crippen molar-refractivity contribution in [3.8, 4) is 0 Å². The van der Waals surface area contributed by atoms with Crippen LogP contribution >= 0.6 is 11.6 Å². The number of anilines is 1. The molecule has 18 heavy (non-hydrogen) atoms. The van der Waals surface area contributed by atoms with Gasteiger partial charge in [0.2, 0.25) is 0 Å². The van der Waals surface area contributed by atoms with Crippen LogP contribution < -0.4 is 5.32 Å². The van der Waals surface area contributed by atoms with Gasteiger partial charge in [0.05, 0.1) is 29.3 Å². The fourth-order valence-corrected chi connectivity index (χ4v) is 1.88. The molecule has 2 unspecified atom stereocenters. The average Bonchev–Trinajstić information content (AvgIpc) is 3.10. The van der Waals surface area contributed by atoms with E-state index in [0.29, 0.717) is 22.7 Å². The molecular formula is C12H12ClNO4. The highest BCUT2D eigenvalue weighted by Crippen LogP contribution is 2.36. The van der Waals surface area contributed by atoms with Crippen molar-refractivity contribution in [2.75, 3.05) is 12.4 Å². The van der Waals surface area contributed by atoms with E-state index in [1.807, 2.05) is 0 Å². The molecule has 1 saturated carbocycles. The third kappa shape index (κ3) is 2.56. The number of carboxylic acid groups (broad SMARTS) is 1. The Kier molecular flexibility index (Phi) is 3.43. The summed E-state index contributed by atoms with van der Waals surface area (Å²) in [4.78, 5) is 22.1. The SMILES string of the molecule is COC(=O)c1ccc(Cl)c(NC2CC2C(=O)O)c1. The minimum absolute atomic E-state index is 0.132. The minimum atomic E-state index is -0.826. The van der Waals surface area contributed by atoms with Crippen LogP contribution in [0.25, 0.3) is 0 Å². The summed E-state index contributed by atoms with van der Waals surface area (Å²) >= 11 is 5.98. The second-order valence-electron chi connectivity index (χ2n) is 4.12. The first-order valence-electron chi connectivity index (χ1n) is 5.40. The molecule has 0 saturated heterocycles. The number of esters is 1. The van der Waals surface area contributed by atoms with Crippen LogP contribution in [0.4, 0.5) is 5.69 Å². The lowest BCUT2D eigenvalue weighted by atomic mass is 10.2. The summed E-state index contributed by atoms with van der Waals surface area (Å²) in [5.74, 6) is -1.67. The van der Waals surface area contributed by atoms with E-state index in [0.717, 1.165) is 0 Å². The first kappa shape index (κ1) is 12.7. The van der Waals surface area contributed by atoms with Gasteiger partial charge in [0.25, 0.3) is 0 Å². The van der Waals surface area contributed by atoms with Gasteiger partial charge >= 0.3 is 11.9 Å². The fourth-order valence-electron chi connectivity index (χ4n) is 1.71. The van der Waals surface area contributed by atoms with Crippen molar-refractivity contribution in [2.45, 2.75) is 12.5 Å². The highest BCUT2D eigenvalue weighted by Gasteiger charge is 2.43. The van der Waals surface area contributed by atoms with Crippen LogP contribution in [0.15, 0.2) is 18.2 Å². The number of hydrogen-bond donors (Lipinski definition) is 2. The number of aliphatic carboxylic acids is 1. The van der Waals surface area contributed by atoms with Gasteiger partial charge in [0, 0.05) is 6.04 Å². The molecule has 0 heterocycles. The van der Waals surface area contributed by atoms with Gasteiger partial charge in [-0.05, 0) is 24.6 Å². The Balaban J connectivity index is 2.13. The summed E-state index contributed by atoms with van der Waals surface area (Å²) in [6.07, 6.45) is 0.564. The maximum Gasteiger partial charge on any atom is 0.337 e. The third-order valence-corrected chi connectivity index (χ3v) is 3.17. The second kappa shape index (κ2) is 4.86. The smallest absolute Gasteiger partial charge is 0.337 e. The molecule has 2 atom stereocenters. The van der Waals surface area contributed by atoms with Crippen molar-refractivity contribution >= 4 is 29.2 Å². The molecule has 2 N–H and O–H groups in total. The number of benzene rings is 1. The van der Waals surface area contributed by atoms with Crippen molar-refractivity contribution in [3.63, 3.8) is 0 Å². The predicted octanol–water partition coefficient (Wildman–Crippen LogP) is 2.01. The molecule has 0 aliphatic heterocycles. The fraction of sp³-hybridized carbons (Fsp3) is 0.333. The molecule has 1 aliphatic rings. The van der Waals surface area contributed by atoms with Crippen LogP contribution in [0.5, 0.6) is 0 Å². The van der Waals surface area contributed by atoms with Crippen LogP contribution in [-0.2, 0) is 9.53 Å². The Hall–Kier alpha value is -1.75. The lowest BCUT2D eigenvalue weighted by Crippen LogP contribution is -2.11. The zero-order valence-corrected chi connectivity index (χ0v) is 10.4. The predicted molar refractivity (Wildman–Crippen MR) is 65.9 cm³/mol. The monoisotopic (exact) mass is 269 g/mol. The van der Waals surface area contributed by atoms with Crippen molar-refractivity contribution in [3.05, 3.63) is 28.8 Å². The number of carbonyl (C=O) groups excluding carboxylic acids is 1. The van der Waals surface area contributed by atoms with E-state index in [2.05, 4.69) is 10.1 Å². The topological polar surface area (TPSA) is 75.6 Å². The maximum absolute atomic E-state index is 11.4. The van der Waals surface area contributed by atoms with E-state index in [1.54, 1.807) is 18.2 Å². The molecule has 2 rings (SSSR count). The maximum atomic E-state index is 11.4. The summed E-state index contributed by atoms with van der Waals surface area (Å²) in [6, 6.07) is 4.56. The molecule has 1 fully saturated rings. The van der Waals surface area contributed by atoms with Crippen LogP contribution in [0.3, 0.4) is 0 Å². The normalized spacial score (nSPS) is 21.2. The van der Waals surface area contributed by atoms with E-state index in [9.17, 15) is 9.59 Å². The molecule has 0 bridgehead atoms. The standard InChI is InChI=1S/C12H12ClNO4/c1-18-12(17)6-2-3-8(13)10(4-6)14-9-5-7(9)11(15)16/h2-4,7,9,14H,5H2,1H3,(H,15,16). The first-order chi connectivity index (χ1) is 8.52. The van der Waals surface area contributed by atoms with Crippen LogP contribution in [-0.4, -0.2) is 30.2 Å². The number of methoxy groups -OCH3 is 1. The number of ether oxygens (including phenoxy) is 1. The highest BCUT2D eigenvalue weighted by atomic mass is 35.5. The third-order valence-electron chi connectivity index (χ3n) is 2.84. The Bertz CT molecular complexity index is 503. The van der Waals surface area contributed by atoms with E-state index in [1.165, 1.54) is 7.11 Å². The number of carboxylic acids is 1. The largest absolute Gasteiger partial charge is 0.481 e. The van der Waals surface area contributed by atoms with Gasteiger partial charge in [-0.3, -0.25) is 4.79 Å². The van der Waals surface area contributed by atoms with Crippen molar-refractivity contribution < 1.29 is 19.4 Å². The van der Waals surface area contributed by atoms with Gasteiger partial charge < -0.3 is 15.2 Å². The van der Waals surface area contributed by atoms with Crippen LogP contribution in [0, 0.1) is 5.92 Å². The molecular weight excluding hydrogens is 258 g/mol. The zero-order chi connectivity index (χ0) is 13.3. The molecule has 96 valence electrons. The Morgan fingerprint density at radius 1 is 1.50 bits per heavy atom. The van der Waals surface area contributed by atoms with Crippen molar-refractivity contribution in [1.29, 1.82) is 0 Å². The van der Waals surface area contributed by atoms with Crippen molar-refractivity contribution in [2.24, 2.45) is 5.92 Å². The Labute approximate surface area is 109 Å². The van der Waals surface area contributed by atoms with Crippen LogP contribution in [0.1, 0.15) is 16.8 Å². The number of hydrogen-bond acceptors (Lipinski definition) is 4. The molecule has 0 aromatic heterocycles. The summed E-state index contributed by atoms with van der Waals surface area (Å²) in [7, 11) is 1.30. The molecule has 6 heteroatoms. The van der Waals surface area contributed by atoms with E-state index in [4.69, 9.17) is 16.7 Å². The molecule has 5 nitrogen and oxygen atoms in total. The van der Waals surface area contributed by atoms with Gasteiger partial charge in [0.15, 0.2) is 0 Å². The molecule has 0 amide bonds. The number of nitrogens with one attached hydrogen (secondary N) is 1. The molecule has 0 spiro atoms. The summed E-state index contributed by atoms with van der Waals surface area (Å²) in [5.41, 5.74) is 0.922. The zero-order valence-electron chi connectivity index (χ0n) is 9.64. The summed E-state index contributed by atoms with van der Waals surface area (Å²) in [6.45, 7) is 0. The Morgan fingerprint density at radius 2 is 2.22 bits per heavy atom. The number of halogens is 1. The molecule has 0 radical (unpaired) electrons. The number of rotatable bonds is 4. The van der Waals surface area contributed by atoms with Gasteiger partial charge in [-0.2, -0.15) is 0 Å². The molecule has 1 aromatic carbocycles. The van der Waals surface area contributed by atoms with Crippen molar-refractivity contribution in [1.82, 2.24) is 0 Å². The van der Waals surface area contributed by atoms with Gasteiger partial charge in [-0.1, -0.05) is 11.6 Å². The summed E-state index contributed by atoms with van der Waals surface area (Å²) < 4.78 is 4.61. The lowest BCUT2D eigenvalue weighted by molar-refractivity contribution is -0.138. The van der Waals surface area contributed by atoms with Gasteiger partial charge in [-0.25, -0.2) is 4.79 Å². The number of carbonyl (C=O) groups is 2. The van der Waals surface area contributed by atoms with E-state index < -0.39 is 11.9 Å². The first-order valence-corrected chi connectivity index (χ1v) is 5.78. The summed E-state index contributed by atoms with van der Waals surface area (Å²) in [5, 5.41) is 12.3. The van der Waals surface area contributed by atoms with Crippen LogP contribution in [0.2, 0.25) is 5.02 Å². The quantitative estimate of drug-likeness (QED) is 0.818. The van der Waals surface area contributed by atoms with Gasteiger partial charge in [-0.15, -0.1) is 0 Å².